The SMILES string of the molecule is CCOC(=O)c1cc(NC(=O)c2ccccc2OC)c(C(=O)OCC)cc1NC(=O)c1ccccc1OC. The van der Waals surface area contributed by atoms with Gasteiger partial charge in [0.25, 0.3) is 11.8 Å². The third-order valence-electron chi connectivity index (χ3n) is 5.35. The Hall–Kier alpha value is -4.86. The Balaban J connectivity index is 2.11. The molecule has 10 heteroatoms. The number of benzene rings is 3. The third kappa shape index (κ3) is 6.28. The lowest BCUT2D eigenvalue weighted by Crippen LogP contribution is -2.21. The van der Waals surface area contributed by atoms with Crippen molar-refractivity contribution in [3.05, 3.63) is 82.9 Å². The molecular weight excluding hydrogens is 492 g/mol. The maximum Gasteiger partial charge on any atom is 0.340 e. The quantitative estimate of drug-likeness (QED) is 0.372. The van der Waals surface area contributed by atoms with Crippen molar-refractivity contribution in [1.82, 2.24) is 0 Å². The maximum absolute atomic E-state index is 13.1. The number of hydrogen-bond donors (Lipinski definition) is 2. The van der Waals surface area contributed by atoms with Crippen LogP contribution in [0.2, 0.25) is 0 Å². The number of carbonyl (C=O) groups excluding carboxylic acids is 4. The highest BCUT2D eigenvalue weighted by atomic mass is 16.5. The van der Waals surface area contributed by atoms with Crippen molar-refractivity contribution in [2.45, 2.75) is 13.8 Å². The molecule has 3 aromatic rings. The van der Waals surface area contributed by atoms with E-state index in [4.69, 9.17) is 18.9 Å². The molecule has 198 valence electrons. The fourth-order valence-electron chi connectivity index (χ4n) is 3.61. The highest BCUT2D eigenvalue weighted by molar-refractivity contribution is 6.14. The first-order valence-corrected chi connectivity index (χ1v) is 11.8. The van der Waals surface area contributed by atoms with Crippen LogP contribution in [0.5, 0.6) is 11.5 Å². The van der Waals surface area contributed by atoms with E-state index in [9.17, 15) is 19.2 Å². The van der Waals surface area contributed by atoms with Gasteiger partial charge in [-0.3, -0.25) is 9.59 Å². The van der Waals surface area contributed by atoms with Gasteiger partial charge in [-0.05, 0) is 50.2 Å². The second kappa shape index (κ2) is 12.9. The molecule has 38 heavy (non-hydrogen) atoms. The minimum absolute atomic E-state index is 0.0160. The van der Waals surface area contributed by atoms with Crippen molar-refractivity contribution >= 4 is 35.1 Å². The van der Waals surface area contributed by atoms with Crippen LogP contribution in [0.15, 0.2) is 60.7 Å². The first-order valence-electron chi connectivity index (χ1n) is 11.8. The summed E-state index contributed by atoms with van der Waals surface area (Å²) in [5.41, 5.74) is 0.208. The zero-order valence-corrected chi connectivity index (χ0v) is 21.5. The molecule has 3 rings (SSSR count). The summed E-state index contributed by atoms with van der Waals surface area (Å²) < 4.78 is 20.8. The van der Waals surface area contributed by atoms with Gasteiger partial charge in [-0.15, -0.1) is 0 Å². The lowest BCUT2D eigenvalue weighted by molar-refractivity contribution is 0.0513. The highest BCUT2D eigenvalue weighted by Gasteiger charge is 2.25. The van der Waals surface area contributed by atoms with E-state index in [1.807, 2.05) is 0 Å². The van der Waals surface area contributed by atoms with E-state index in [0.29, 0.717) is 11.5 Å². The summed E-state index contributed by atoms with van der Waals surface area (Å²) in [6.07, 6.45) is 0. The Kier molecular flexibility index (Phi) is 9.42. The Bertz CT molecular complexity index is 1250. The fourth-order valence-corrected chi connectivity index (χ4v) is 3.61. The predicted octanol–water partition coefficient (Wildman–Crippen LogP) is 4.56. The molecule has 0 aromatic heterocycles. The zero-order valence-electron chi connectivity index (χ0n) is 21.5. The Labute approximate surface area is 219 Å². The zero-order chi connectivity index (χ0) is 27.7. The molecule has 0 atom stereocenters. The largest absolute Gasteiger partial charge is 0.496 e. The van der Waals surface area contributed by atoms with Crippen LogP contribution in [-0.2, 0) is 9.47 Å². The molecule has 0 unspecified atom stereocenters. The Morgan fingerprint density at radius 1 is 0.605 bits per heavy atom. The standard InChI is InChI=1S/C28H28N2O8/c1-5-37-27(33)19-15-22(30-26(32)18-12-8-10-14-24(18)36-4)20(28(34)38-6-2)16-21(19)29-25(31)17-11-7-9-13-23(17)35-3/h7-16H,5-6H2,1-4H3,(H,29,31)(H,30,32). The van der Waals surface area contributed by atoms with Gasteiger partial charge >= 0.3 is 11.9 Å². The second-order valence-corrected chi connectivity index (χ2v) is 7.69. The second-order valence-electron chi connectivity index (χ2n) is 7.69. The average Bonchev–Trinajstić information content (AvgIpc) is 2.93. The van der Waals surface area contributed by atoms with Crippen LogP contribution in [0.3, 0.4) is 0 Å². The summed E-state index contributed by atoms with van der Waals surface area (Å²) in [6, 6.07) is 15.6. The summed E-state index contributed by atoms with van der Waals surface area (Å²) in [6.45, 7) is 3.37. The van der Waals surface area contributed by atoms with Crippen molar-refractivity contribution in [2.75, 3.05) is 38.1 Å². The van der Waals surface area contributed by atoms with E-state index in [2.05, 4.69) is 10.6 Å². The van der Waals surface area contributed by atoms with Gasteiger partial charge in [0.15, 0.2) is 0 Å². The highest BCUT2D eigenvalue weighted by Crippen LogP contribution is 2.30. The lowest BCUT2D eigenvalue weighted by Gasteiger charge is -2.17. The minimum Gasteiger partial charge on any atom is -0.496 e. The molecule has 0 fully saturated rings. The topological polar surface area (TPSA) is 129 Å². The molecule has 0 aliphatic heterocycles. The summed E-state index contributed by atoms with van der Waals surface area (Å²) in [7, 11) is 2.85. The smallest absolute Gasteiger partial charge is 0.340 e. The number of rotatable bonds is 10. The number of para-hydroxylation sites is 2. The van der Waals surface area contributed by atoms with Crippen molar-refractivity contribution in [2.24, 2.45) is 0 Å². The Morgan fingerprint density at radius 2 is 0.974 bits per heavy atom. The van der Waals surface area contributed by atoms with Crippen LogP contribution in [-0.4, -0.2) is 51.2 Å². The number of esters is 2. The van der Waals surface area contributed by atoms with Gasteiger partial charge < -0.3 is 29.6 Å². The van der Waals surface area contributed by atoms with Gasteiger partial charge in [0.1, 0.15) is 11.5 Å². The predicted molar refractivity (Wildman–Crippen MR) is 140 cm³/mol. The molecule has 0 radical (unpaired) electrons. The van der Waals surface area contributed by atoms with Gasteiger partial charge in [-0.1, -0.05) is 24.3 Å². The first kappa shape index (κ1) is 27.7. The molecule has 10 nitrogen and oxygen atoms in total. The fraction of sp³-hybridized carbons (Fsp3) is 0.214. The van der Waals surface area contributed by atoms with Crippen LogP contribution < -0.4 is 20.1 Å². The van der Waals surface area contributed by atoms with Crippen LogP contribution >= 0.6 is 0 Å². The van der Waals surface area contributed by atoms with Crippen molar-refractivity contribution in [3.63, 3.8) is 0 Å². The number of ether oxygens (including phenoxy) is 4. The molecule has 2 amide bonds. The molecule has 0 aliphatic rings. The lowest BCUT2D eigenvalue weighted by atomic mass is 10.0. The van der Waals surface area contributed by atoms with Gasteiger partial charge in [0, 0.05) is 0 Å². The molecule has 2 N–H and O–H groups in total. The van der Waals surface area contributed by atoms with Gasteiger partial charge in [-0.2, -0.15) is 0 Å². The van der Waals surface area contributed by atoms with E-state index in [0.717, 1.165) is 0 Å². The first-order chi connectivity index (χ1) is 18.3. The van der Waals surface area contributed by atoms with Crippen molar-refractivity contribution < 1.29 is 38.1 Å². The minimum atomic E-state index is -0.772. The summed E-state index contributed by atoms with van der Waals surface area (Å²) in [5, 5.41) is 5.30. The van der Waals surface area contributed by atoms with Crippen LogP contribution in [0.25, 0.3) is 0 Å². The summed E-state index contributed by atoms with van der Waals surface area (Å²) in [5.74, 6) is -2.10. The maximum atomic E-state index is 13.1. The summed E-state index contributed by atoms with van der Waals surface area (Å²) in [4.78, 5) is 52.0. The number of nitrogens with one attached hydrogen (secondary N) is 2. The molecule has 0 saturated heterocycles. The molecule has 0 aliphatic carbocycles. The van der Waals surface area contributed by atoms with Gasteiger partial charge in [0.05, 0.1) is 61.1 Å². The normalized spacial score (nSPS) is 10.2. The number of carbonyl (C=O) groups is 4. The van der Waals surface area contributed by atoms with E-state index in [-0.39, 0.29) is 46.8 Å². The number of methoxy groups -OCH3 is 2. The molecule has 0 spiro atoms. The number of anilines is 2. The van der Waals surface area contributed by atoms with Crippen molar-refractivity contribution in [3.8, 4) is 11.5 Å². The van der Waals surface area contributed by atoms with Crippen LogP contribution in [0.4, 0.5) is 11.4 Å². The molecular formula is C28H28N2O8. The van der Waals surface area contributed by atoms with E-state index >= 15 is 0 Å². The van der Waals surface area contributed by atoms with Gasteiger partial charge in [0.2, 0.25) is 0 Å². The Morgan fingerprint density at radius 3 is 1.32 bits per heavy atom. The summed E-state index contributed by atoms with van der Waals surface area (Å²) >= 11 is 0. The van der Waals surface area contributed by atoms with E-state index in [1.165, 1.54) is 26.4 Å². The van der Waals surface area contributed by atoms with Crippen LogP contribution in [0.1, 0.15) is 55.3 Å². The monoisotopic (exact) mass is 520 g/mol. The van der Waals surface area contributed by atoms with Crippen LogP contribution in [0, 0.1) is 0 Å². The van der Waals surface area contributed by atoms with Gasteiger partial charge in [-0.25, -0.2) is 9.59 Å². The molecule has 3 aromatic carbocycles. The molecule has 0 bridgehead atoms. The third-order valence-corrected chi connectivity index (χ3v) is 5.35. The van der Waals surface area contributed by atoms with Crippen molar-refractivity contribution in [1.29, 1.82) is 0 Å². The number of amides is 2. The number of hydrogen-bond acceptors (Lipinski definition) is 8. The molecule has 0 heterocycles. The van der Waals surface area contributed by atoms with E-state index in [1.54, 1.807) is 62.4 Å². The average molecular weight is 521 g/mol. The van der Waals surface area contributed by atoms with E-state index < -0.39 is 23.8 Å². The molecule has 0 saturated carbocycles.